The van der Waals surface area contributed by atoms with Crippen molar-refractivity contribution in [1.82, 2.24) is 0 Å². The number of nitrogens with two attached hydrogens (primary N) is 1. The van der Waals surface area contributed by atoms with Gasteiger partial charge in [-0.3, -0.25) is 4.79 Å². The predicted octanol–water partition coefficient (Wildman–Crippen LogP) is 2.72. The first-order valence-corrected chi connectivity index (χ1v) is 6.74. The molecule has 0 bridgehead atoms. The molecule has 116 valence electrons. The second-order valence-electron chi connectivity index (χ2n) is 5.25. The van der Waals surface area contributed by atoms with Crippen molar-refractivity contribution in [2.75, 3.05) is 11.9 Å². The van der Waals surface area contributed by atoms with E-state index in [1.807, 2.05) is 0 Å². The van der Waals surface area contributed by atoms with Crippen LogP contribution >= 0.6 is 0 Å². The summed E-state index contributed by atoms with van der Waals surface area (Å²) in [7, 11) is 0. The Morgan fingerprint density at radius 2 is 2.10 bits per heavy atom. The monoisotopic (exact) mass is 302 g/mol. The molecule has 0 saturated heterocycles. The minimum atomic E-state index is -4.53. The molecule has 0 radical (unpaired) electrons. The molecule has 1 aromatic rings. The molecule has 1 fully saturated rings. The maximum absolute atomic E-state index is 12.6. The number of aromatic hydroxyl groups is 1. The molecular formula is C14H17F3N2O2. The summed E-state index contributed by atoms with van der Waals surface area (Å²) >= 11 is 0. The third-order valence-corrected chi connectivity index (χ3v) is 3.88. The lowest BCUT2D eigenvalue weighted by molar-refractivity contribution is -0.137. The van der Waals surface area contributed by atoms with Crippen molar-refractivity contribution >= 4 is 11.6 Å². The van der Waals surface area contributed by atoms with Crippen LogP contribution in [0.15, 0.2) is 18.2 Å². The molecule has 1 aliphatic rings. The van der Waals surface area contributed by atoms with Crippen molar-refractivity contribution in [2.24, 2.45) is 17.6 Å². The van der Waals surface area contributed by atoms with Gasteiger partial charge in [0.15, 0.2) is 0 Å². The van der Waals surface area contributed by atoms with Gasteiger partial charge in [0, 0.05) is 5.92 Å². The van der Waals surface area contributed by atoms with E-state index in [9.17, 15) is 23.1 Å². The van der Waals surface area contributed by atoms with Crippen LogP contribution < -0.4 is 11.1 Å². The van der Waals surface area contributed by atoms with Gasteiger partial charge in [-0.15, -0.1) is 0 Å². The Hall–Kier alpha value is -1.76. The maximum atomic E-state index is 12.6. The van der Waals surface area contributed by atoms with Crippen molar-refractivity contribution in [3.05, 3.63) is 23.8 Å². The molecule has 7 heteroatoms. The Bertz CT molecular complexity index is 531. The van der Waals surface area contributed by atoms with Crippen LogP contribution in [0.1, 0.15) is 24.8 Å². The number of hydrogen-bond acceptors (Lipinski definition) is 3. The number of carbonyl (C=O) groups is 1. The topological polar surface area (TPSA) is 75.4 Å². The second-order valence-corrected chi connectivity index (χ2v) is 5.25. The van der Waals surface area contributed by atoms with Gasteiger partial charge in [-0.2, -0.15) is 13.2 Å². The third kappa shape index (κ3) is 3.47. The molecule has 2 unspecified atom stereocenters. The summed E-state index contributed by atoms with van der Waals surface area (Å²) in [5.74, 6) is -1.06. The lowest BCUT2D eigenvalue weighted by Gasteiger charge is -2.18. The van der Waals surface area contributed by atoms with Crippen molar-refractivity contribution in [3.8, 4) is 5.75 Å². The maximum Gasteiger partial charge on any atom is 0.416 e. The number of carbonyl (C=O) groups excluding carboxylic acids is 1. The number of rotatable bonds is 3. The van der Waals surface area contributed by atoms with Crippen molar-refractivity contribution < 1.29 is 23.1 Å². The summed E-state index contributed by atoms with van der Waals surface area (Å²) in [5.41, 5.74) is 4.44. The van der Waals surface area contributed by atoms with Crippen molar-refractivity contribution in [3.63, 3.8) is 0 Å². The van der Waals surface area contributed by atoms with Crippen molar-refractivity contribution in [1.29, 1.82) is 0 Å². The summed E-state index contributed by atoms with van der Waals surface area (Å²) in [6, 6.07) is 2.43. The lowest BCUT2D eigenvalue weighted by Crippen LogP contribution is -2.29. The largest absolute Gasteiger partial charge is 0.506 e. The zero-order valence-corrected chi connectivity index (χ0v) is 11.3. The first-order valence-electron chi connectivity index (χ1n) is 6.74. The zero-order chi connectivity index (χ0) is 15.6. The van der Waals surface area contributed by atoms with Gasteiger partial charge in [-0.25, -0.2) is 0 Å². The van der Waals surface area contributed by atoms with E-state index in [1.165, 1.54) is 0 Å². The lowest BCUT2D eigenvalue weighted by atomic mass is 9.95. The van der Waals surface area contributed by atoms with E-state index in [4.69, 9.17) is 5.73 Å². The van der Waals surface area contributed by atoms with E-state index >= 15 is 0 Å². The second kappa shape index (κ2) is 5.93. The average molecular weight is 302 g/mol. The number of amides is 1. The highest BCUT2D eigenvalue weighted by molar-refractivity contribution is 5.94. The third-order valence-electron chi connectivity index (χ3n) is 3.88. The van der Waals surface area contributed by atoms with Crippen LogP contribution in [-0.4, -0.2) is 17.6 Å². The van der Waals surface area contributed by atoms with E-state index in [0.29, 0.717) is 13.0 Å². The van der Waals surface area contributed by atoms with Gasteiger partial charge in [0.25, 0.3) is 0 Å². The number of anilines is 1. The van der Waals surface area contributed by atoms with Crippen LogP contribution in [-0.2, 0) is 11.0 Å². The van der Waals surface area contributed by atoms with E-state index < -0.39 is 23.4 Å². The first-order chi connectivity index (χ1) is 9.82. The Kier molecular flexibility index (Phi) is 4.41. The van der Waals surface area contributed by atoms with Gasteiger partial charge in [0.2, 0.25) is 5.91 Å². The van der Waals surface area contributed by atoms with E-state index in [0.717, 1.165) is 31.0 Å². The Balaban J connectivity index is 2.17. The molecule has 1 saturated carbocycles. The summed E-state index contributed by atoms with van der Waals surface area (Å²) in [4.78, 5) is 12.1. The number of benzene rings is 1. The first kappa shape index (κ1) is 15.6. The Morgan fingerprint density at radius 3 is 2.71 bits per heavy atom. The standard InChI is InChI=1S/C14H17F3N2O2/c15-14(16,17)9-4-5-12(20)11(6-9)19-13(21)10-3-1-2-8(10)7-18/h4-6,8,10,20H,1-3,7,18H2,(H,19,21). The highest BCUT2D eigenvalue weighted by Gasteiger charge is 2.34. The SMILES string of the molecule is NCC1CCCC1C(=O)Nc1cc(C(F)(F)F)ccc1O. The Morgan fingerprint density at radius 1 is 1.38 bits per heavy atom. The number of phenolic OH excluding ortho intramolecular Hbond substituents is 1. The zero-order valence-electron chi connectivity index (χ0n) is 11.3. The Labute approximate surface area is 120 Å². The number of halogens is 3. The average Bonchev–Trinajstić information content (AvgIpc) is 2.88. The molecule has 0 spiro atoms. The van der Waals surface area contributed by atoms with Gasteiger partial charge >= 0.3 is 6.18 Å². The molecule has 0 aromatic heterocycles. The van der Waals surface area contributed by atoms with E-state index in [-0.39, 0.29) is 17.5 Å². The fourth-order valence-corrected chi connectivity index (χ4v) is 2.70. The molecular weight excluding hydrogens is 285 g/mol. The van der Waals surface area contributed by atoms with Crippen LogP contribution in [0.2, 0.25) is 0 Å². The molecule has 2 rings (SSSR count). The molecule has 2 atom stereocenters. The number of nitrogens with one attached hydrogen (secondary N) is 1. The van der Waals surface area contributed by atoms with Gasteiger partial charge in [-0.05, 0) is 43.5 Å². The summed E-state index contributed by atoms with van der Waals surface area (Å²) in [6.45, 7) is 0.368. The minimum absolute atomic E-state index is 0.0398. The molecule has 1 aliphatic carbocycles. The van der Waals surface area contributed by atoms with E-state index in [2.05, 4.69) is 5.32 Å². The van der Waals surface area contributed by atoms with Crippen LogP contribution in [0.3, 0.4) is 0 Å². The molecule has 0 aliphatic heterocycles. The molecule has 0 heterocycles. The van der Waals surface area contributed by atoms with Crippen LogP contribution in [0, 0.1) is 11.8 Å². The number of alkyl halides is 3. The van der Waals surface area contributed by atoms with Crippen molar-refractivity contribution in [2.45, 2.75) is 25.4 Å². The molecule has 1 aromatic carbocycles. The fourth-order valence-electron chi connectivity index (χ4n) is 2.70. The summed E-state index contributed by atoms with van der Waals surface area (Å²) in [5, 5.41) is 12.0. The van der Waals surface area contributed by atoms with Crippen LogP contribution in [0.25, 0.3) is 0 Å². The summed E-state index contributed by atoms with van der Waals surface area (Å²) < 4.78 is 37.9. The van der Waals surface area contributed by atoms with Gasteiger partial charge < -0.3 is 16.2 Å². The fraction of sp³-hybridized carbons (Fsp3) is 0.500. The van der Waals surface area contributed by atoms with E-state index in [1.54, 1.807) is 0 Å². The number of hydrogen-bond donors (Lipinski definition) is 3. The smallest absolute Gasteiger partial charge is 0.416 e. The highest BCUT2D eigenvalue weighted by Crippen LogP contribution is 2.36. The van der Waals surface area contributed by atoms with Gasteiger partial charge in [0.1, 0.15) is 5.75 Å². The summed E-state index contributed by atoms with van der Waals surface area (Å²) in [6.07, 6.45) is -2.16. The minimum Gasteiger partial charge on any atom is -0.506 e. The van der Waals surface area contributed by atoms with Crippen LogP contribution in [0.5, 0.6) is 5.75 Å². The molecule has 1 amide bonds. The number of phenols is 1. The quantitative estimate of drug-likeness (QED) is 0.751. The highest BCUT2D eigenvalue weighted by atomic mass is 19.4. The predicted molar refractivity (Wildman–Crippen MR) is 71.6 cm³/mol. The molecule has 4 nitrogen and oxygen atoms in total. The molecule has 21 heavy (non-hydrogen) atoms. The normalized spacial score (nSPS) is 22.3. The molecule has 4 N–H and O–H groups in total. The van der Waals surface area contributed by atoms with Gasteiger partial charge in [0.05, 0.1) is 11.3 Å². The van der Waals surface area contributed by atoms with Gasteiger partial charge in [-0.1, -0.05) is 6.42 Å². The van der Waals surface area contributed by atoms with Crippen LogP contribution in [0.4, 0.5) is 18.9 Å².